The molecule has 0 radical (unpaired) electrons. The van der Waals surface area contributed by atoms with Crippen LogP contribution in [0.1, 0.15) is 103 Å². The Bertz CT molecular complexity index is 1890. The molecule has 4 aromatic heterocycles. The molecule has 4 heterocycles. The summed E-state index contributed by atoms with van der Waals surface area (Å²) in [4.78, 5) is 14.1. The standard InChI is InChI=1S/C41H46N4/c1-38(2,3)27-15-21-43-36(25-27)40(7,8)29-11-13-34-32(23-29)33-24-30(12-14-35(33)45(34)31-17-19-42-20-18-31)41(9,10)37-26-28(16-22-44-37)39(4,5)6/h11-26H,1-10H3. The first kappa shape index (κ1) is 30.7. The van der Waals surface area contributed by atoms with Gasteiger partial charge < -0.3 is 4.57 Å². The summed E-state index contributed by atoms with van der Waals surface area (Å²) in [6, 6.07) is 26.9. The summed E-state index contributed by atoms with van der Waals surface area (Å²) in [7, 11) is 0. The van der Waals surface area contributed by atoms with Crippen molar-refractivity contribution in [3.63, 3.8) is 0 Å². The average molecular weight is 595 g/mol. The average Bonchev–Trinajstić information content (AvgIpc) is 3.34. The number of fused-ring (bicyclic) bond motifs is 3. The number of hydrogen-bond acceptors (Lipinski definition) is 3. The molecule has 6 rings (SSSR count). The van der Waals surface area contributed by atoms with E-state index in [2.05, 4.69) is 152 Å². The first-order valence-corrected chi connectivity index (χ1v) is 16.0. The second-order valence-corrected chi connectivity index (χ2v) is 15.6. The molecule has 0 spiro atoms. The van der Waals surface area contributed by atoms with E-state index in [-0.39, 0.29) is 21.7 Å². The van der Waals surface area contributed by atoms with Crippen LogP contribution in [0, 0.1) is 0 Å². The summed E-state index contributed by atoms with van der Waals surface area (Å²) in [5.74, 6) is 0. The minimum absolute atomic E-state index is 0.0557. The second-order valence-electron chi connectivity index (χ2n) is 15.6. The van der Waals surface area contributed by atoms with E-state index >= 15 is 0 Å². The first-order valence-electron chi connectivity index (χ1n) is 16.0. The molecule has 45 heavy (non-hydrogen) atoms. The Kier molecular flexibility index (Phi) is 7.27. The minimum Gasteiger partial charge on any atom is -0.309 e. The summed E-state index contributed by atoms with van der Waals surface area (Å²) in [5.41, 5.74) is 10.2. The van der Waals surface area contributed by atoms with Crippen LogP contribution in [0.5, 0.6) is 0 Å². The third-order valence-electron chi connectivity index (χ3n) is 9.66. The molecule has 0 saturated carbocycles. The SMILES string of the molecule is CC(C)(C)c1ccnc(C(C)(C)c2ccc3c(c2)c2cc(C(C)(C)c4cc(C(C)(C)C)ccn4)ccc2n3-c2ccncc2)c1. The zero-order valence-electron chi connectivity index (χ0n) is 28.5. The normalized spacial score (nSPS) is 13.1. The molecule has 230 valence electrons. The molecule has 0 atom stereocenters. The third kappa shape index (κ3) is 5.45. The van der Waals surface area contributed by atoms with Gasteiger partial charge >= 0.3 is 0 Å². The lowest BCUT2D eigenvalue weighted by atomic mass is 9.77. The summed E-state index contributed by atoms with van der Waals surface area (Å²) in [5, 5.41) is 2.46. The van der Waals surface area contributed by atoms with Gasteiger partial charge in [-0.15, -0.1) is 0 Å². The topological polar surface area (TPSA) is 43.6 Å². The molecule has 2 aromatic carbocycles. The van der Waals surface area contributed by atoms with Crippen LogP contribution in [0.15, 0.2) is 97.6 Å². The lowest BCUT2D eigenvalue weighted by molar-refractivity contribution is 0.574. The predicted molar refractivity (Wildman–Crippen MR) is 189 cm³/mol. The van der Waals surface area contributed by atoms with Crippen molar-refractivity contribution in [1.29, 1.82) is 0 Å². The van der Waals surface area contributed by atoms with Crippen molar-refractivity contribution in [2.75, 3.05) is 0 Å². The second kappa shape index (κ2) is 10.7. The van der Waals surface area contributed by atoms with Crippen LogP contribution in [-0.4, -0.2) is 19.5 Å². The molecule has 6 aromatic rings. The van der Waals surface area contributed by atoms with Crippen LogP contribution >= 0.6 is 0 Å². The fourth-order valence-electron chi connectivity index (χ4n) is 6.35. The highest BCUT2D eigenvalue weighted by atomic mass is 15.0. The number of pyridine rings is 3. The Balaban J connectivity index is 1.57. The van der Waals surface area contributed by atoms with Gasteiger partial charge in [0.2, 0.25) is 0 Å². The van der Waals surface area contributed by atoms with Crippen molar-refractivity contribution >= 4 is 21.8 Å². The Morgan fingerprint density at radius 3 is 1.27 bits per heavy atom. The lowest BCUT2D eigenvalue weighted by Crippen LogP contribution is -2.22. The Labute approximate surface area is 268 Å². The number of benzene rings is 2. The number of rotatable bonds is 5. The smallest absolute Gasteiger partial charge is 0.0541 e. The number of nitrogens with zero attached hydrogens (tertiary/aromatic N) is 4. The molecule has 0 saturated heterocycles. The van der Waals surface area contributed by atoms with Gasteiger partial charge in [-0.3, -0.25) is 15.0 Å². The highest BCUT2D eigenvalue weighted by molar-refractivity contribution is 6.10. The van der Waals surface area contributed by atoms with Gasteiger partial charge in [-0.1, -0.05) is 81.4 Å². The van der Waals surface area contributed by atoms with E-state index in [0.29, 0.717) is 0 Å². The van der Waals surface area contributed by atoms with Crippen LogP contribution in [0.2, 0.25) is 0 Å². The van der Waals surface area contributed by atoms with E-state index in [1.807, 2.05) is 24.8 Å². The van der Waals surface area contributed by atoms with E-state index in [1.54, 1.807) is 0 Å². The Morgan fingerprint density at radius 2 is 0.867 bits per heavy atom. The quantitative estimate of drug-likeness (QED) is 0.199. The molecule has 0 amide bonds. The molecule has 0 unspecified atom stereocenters. The van der Waals surface area contributed by atoms with Crippen LogP contribution < -0.4 is 0 Å². The monoisotopic (exact) mass is 594 g/mol. The molecule has 0 aliphatic carbocycles. The van der Waals surface area contributed by atoms with Crippen molar-refractivity contribution in [3.8, 4) is 5.69 Å². The summed E-state index contributed by atoms with van der Waals surface area (Å²) in [6.07, 6.45) is 7.65. The van der Waals surface area contributed by atoms with Crippen molar-refractivity contribution in [2.45, 2.75) is 90.9 Å². The Morgan fingerprint density at radius 1 is 0.444 bits per heavy atom. The largest absolute Gasteiger partial charge is 0.309 e. The van der Waals surface area contributed by atoms with Gasteiger partial charge in [0, 0.05) is 52.1 Å². The maximum atomic E-state index is 4.88. The van der Waals surface area contributed by atoms with Gasteiger partial charge in [-0.05, 0) is 93.7 Å². The lowest BCUT2D eigenvalue weighted by Gasteiger charge is -2.28. The van der Waals surface area contributed by atoms with Crippen LogP contribution in [-0.2, 0) is 21.7 Å². The molecule has 0 N–H and O–H groups in total. The maximum absolute atomic E-state index is 4.88. The molecular formula is C41H46N4. The predicted octanol–water partition coefficient (Wildman–Crippen LogP) is 10.2. The molecule has 0 bridgehead atoms. The summed E-state index contributed by atoms with van der Waals surface area (Å²) in [6.45, 7) is 22.7. The minimum atomic E-state index is -0.283. The van der Waals surface area contributed by atoms with Gasteiger partial charge in [0.25, 0.3) is 0 Å². The third-order valence-corrected chi connectivity index (χ3v) is 9.66. The fourth-order valence-corrected chi connectivity index (χ4v) is 6.35. The van der Waals surface area contributed by atoms with Gasteiger partial charge in [0.05, 0.1) is 22.4 Å². The van der Waals surface area contributed by atoms with Crippen molar-refractivity contribution in [2.24, 2.45) is 0 Å². The van der Waals surface area contributed by atoms with Gasteiger partial charge in [-0.25, -0.2) is 0 Å². The van der Waals surface area contributed by atoms with Crippen LogP contribution in [0.4, 0.5) is 0 Å². The molecule has 4 heteroatoms. The Hall–Kier alpha value is -4.31. The molecule has 0 aliphatic rings. The van der Waals surface area contributed by atoms with E-state index in [1.165, 1.54) is 44.1 Å². The number of aromatic nitrogens is 4. The molecule has 0 fully saturated rings. The number of hydrogen-bond donors (Lipinski definition) is 0. The van der Waals surface area contributed by atoms with Crippen molar-refractivity contribution in [3.05, 3.63) is 131 Å². The van der Waals surface area contributed by atoms with Crippen molar-refractivity contribution in [1.82, 2.24) is 19.5 Å². The fraction of sp³-hybridized carbons (Fsp3) is 0.341. The van der Waals surface area contributed by atoms with Gasteiger partial charge in [0.1, 0.15) is 0 Å². The van der Waals surface area contributed by atoms with Gasteiger partial charge in [0.15, 0.2) is 0 Å². The van der Waals surface area contributed by atoms with Gasteiger partial charge in [-0.2, -0.15) is 0 Å². The van der Waals surface area contributed by atoms with E-state index < -0.39 is 0 Å². The van der Waals surface area contributed by atoms with Crippen LogP contribution in [0.3, 0.4) is 0 Å². The maximum Gasteiger partial charge on any atom is 0.0541 e. The van der Waals surface area contributed by atoms with E-state index in [0.717, 1.165) is 17.1 Å². The zero-order chi connectivity index (χ0) is 32.4. The zero-order valence-corrected chi connectivity index (χ0v) is 28.5. The molecular weight excluding hydrogens is 548 g/mol. The summed E-state index contributed by atoms with van der Waals surface area (Å²) >= 11 is 0. The van der Waals surface area contributed by atoms with Crippen LogP contribution in [0.25, 0.3) is 27.5 Å². The van der Waals surface area contributed by atoms with E-state index in [4.69, 9.17) is 9.97 Å². The highest BCUT2D eigenvalue weighted by Gasteiger charge is 2.30. The first-order chi connectivity index (χ1) is 21.1. The molecule has 0 aliphatic heterocycles. The highest BCUT2D eigenvalue weighted by Crippen LogP contribution is 2.41. The van der Waals surface area contributed by atoms with Crippen molar-refractivity contribution < 1.29 is 0 Å². The van der Waals surface area contributed by atoms with E-state index in [9.17, 15) is 0 Å². The molecule has 4 nitrogen and oxygen atoms in total. The summed E-state index contributed by atoms with van der Waals surface area (Å²) < 4.78 is 2.36.